The molecule has 4 atom stereocenters. The molecule has 2 saturated heterocycles. The van der Waals surface area contributed by atoms with Gasteiger partial charge >= 0.3 is 0 Å². The molecule has 0 amide bonds. The number of fused-ring (bicyclic) bond motifs is 1. The fraction of sp³-hybridized carbons (Fsp3) is 1.00. The van der Waals surface area contributed by atoms with E-state index >= 15 is 0 Å². The van der Waals surface area contributed by atoms with Crippen LogP contribution >= 0.6 is 12.4 Å². The number of hydrogen-bond donors (Lipinski definition) is 1. The van der Waals surface area contributed by atoms with Crippen molar-refractivity contribution in [2.75, 3.05) is 19.8 Å². The first-order valence-electron chi connectivity index (χ1n) is 5.45. The summed E-state index contributed by atoms with van der Waals surface area (Å²) in [5.74, 6) is 1.02. The van der Waals surface area contributed by atoms with Gasteiger partial charge in [-0.3, -0.25) is 4.90 Å². The van der Waals surface area contributed by atoms with E-state index in [2.05, 4.69) is 4.90 Å². The summed E-state index contributed by atoms with van der Waals surface area (Å²) in [5, 5.41) is 0. The first kappa shape index (κ1) is 10.7. The van der Waals surface area contributed by atoms with Crippen molar-refractivity contribution in [1.82, 2.24) is 4.90 Å². The van der Waals surface area contributed by atoms with E-state index in [9.17, 15) is 0 Å². The number of rotatable bonds is 1. The Morgan fingerprint density at radius 1 is 1.21 bits per heavy atom. The van der Waals surface area contributed by atoms with Crippen LogP contribution in [0.15, 0.2) is 0 Å². The molecule has 2 unspecified atom stereocenters. The molecule has 3 fully saturated rings. The molecule has 2 aliphatic heterocycles. The number of nitrogens with zero attached hydrogens (tertiary/aromatic N) is 1. The van der Waals surface area contributed by atoms with E-state index in [1.165, 1.54) is 19.4 Å². The topological polar surface area (TPSA) is 38.5 Å². The highest BCUT2D eigenvalue weighted by Gasteiger charge is 2.50. The van der Waals surface area contributed by atoms with Crippen LogP contribution in [-0.2, 0) is 4.74 Å². The monoisotopic (exact) mass is 218 g/mol. The molecule has 2 heterocycles. The lowest BCUT2D eigenvalue weighted by Gasteiger charge is -2.36. The minimum atomic E-state index is 0. The Bertz CT molecular complexity index is 214. The molecule has 1 saturated carbocycles. The quantitative estimate of drug-likeness (QED) is 0.702. The third-order valence-corrected chi connectivity index (χ3v) is 3.86. The van der Waals surface area contributed by atoms with Crippen molar-refractivity contribution < 1.29 is 4.74 Å². The van der Waals surface area contributed by atoms with Crippen molar-refractivity contribution in [3.05, 3.63) is 0 Å². The van der Waals surface area contributed by atoms with Crippen LogP contribution in [0.2, 0.25) is 0 Å². The second-order valence-electron chi connectivity index (χ2n) is 4.68. The molecule has 0 spiro atoms. The summed E-state index contributed by atoms with van der Waals surface area (Å²) in [6.07, 6.45) is 3.99. The largest absolute Gasteiger partial charge is 0.380 e. The van der Waals surface area contributed by atoms with Gasteiger partial charge < -0.3 is 10.5 Å². The molecular weight excluding hydrogens is 200 g/mol. The number of likely N-dealkylation sites (tertiary alicyclic amines) is 1. The molecule has 2 N–H and O–H groups in total. The molecule has 0 aromatic rings. The van der Waals surface area contributed by atoms with Crippen molar-refractivity contribution in [2.24, 2.45) is 11.7 Å². The lowest BCUT2D eigenvalue weighted by atomic mass is 10.0. The summed E-state index contributed by atoms with van der Waals surface area (Å²) >= 11 is 0. The SMILES string of the molecule is Cl.N[C@@H]1COCC[C@H]1N1CCC2CC21. The molecule has 0 aromatic carbocycles. The second-order valence-corrected chi connectivity index (χ2v) is 4.68. The van der Waals surface area contributed by atoms with Gasteiger partial charge in [0.05, 0.1) is 6.61 Å². The minimum Gasteiger partial charge on any atom is -0.380 e. The smallest absolute Gasteiger partial charge is 0.0632 e. The van der Waals surface area contributed by atoms with Gasteiger partial charge in [0.2, 0.25) is 0 Å². The average Bonchev–Trinajstić information content (AvgIpc) is 2.81. The predicted molar refractivity (Wildman–Crippen MR) is 57.7 cm³/mol. The van der Waals surface area contributed by atoms with Crippen LogP contribution < -0.4 is 5.73 Å². The van der Waals surface area contributed by atoms with Gasteiger partial charge in [-0.25, -0.2) is 0 Å². The van der Waals surface area contributed by atoms with E-state index in [-0.39, 0.29) is 18.4 Å². The van der Waals surface area contributed by atoms with Crippen molar-refractivity contribution in [1.29, 1.82) is 0 Å². The van der Waals surface area contributed by atoms with Crippen LogP contribution in [0.5, 0.6) is 0 Å². The Morgan fingerprint density at radius 3 is 2.64 bits per heavy atom. The molecule has 3 nitrogen and oxygen atoms in total. The molecule has 1 aliphatic carbocycles. The van der Waals surface area contributed by atoms with Crippen molar-refractivity contribution >= 4 is 12.4 Å². The molecular formula is C10H19ClN2O. The van der Waals surface area contributed by atoms with Crippen LogP contribution in [0.1, 0.15) is 19.3 Å². The van der Waals surface area contributed by atoms with Gasteiger partial charge in [0.25, 0.3) is 0 Å². The summed E-state index contributed by atoms with van der Waals surface area (Å²) in [6, 6.07) is 1.77. The maximum atomic E-state index is 6.07. The number of piperidine rings is 1. The van der Waals surface area contributed by atoms with E-state index in [0.717, 1.165) is 31.6 Å². The number of nitrogens with two attached hydrogens (primary N) is 1. The fourth-order valence-electron chi connectivity index (χ4n) is 3.00. The van der Waals surface area contributed by atoms with Gasteiger partial charge in [0.15, 0.2) is 0 Å². The van der Waals surface area contributed by atoms with Crippen molar-refractivity contribution in [2.45, 2.75) is 37.4 Å². The Balaban J connectivity index is 0.000000750. The normalized spacial score (nSPS) is 46.9. The van der Waals surface area contributed by atoms with Crippen LogP contribution in [0.4, 0.5) is 0 Å². The van der Waals surface area contributed by atoms with Gasteiger partial charge in [-0.15, -0.1) is 12.4 Å². The Labute approximate surface area is 91.4 Å². The van der Waals surface area contributed by atoms with Crippen LogP contribution in [0.3, 0.4) is 0 Å². The highest BCUT2D eigenvalue weighted by Crippen LogP contribution is 2.46. The molecule has 3 rings (SSSR count). The lowest BCUT2D eigenvalue weighted by molar-refractivity contribution is 0.0201. The van der Waals surface area contributed by atoms with E-state index in [1.807, 2.05) is 0 Å². The number of ether oxygens (including phenoxy) is 1. The summed E-state index contributed by atoms with van der Waals surface area (Å²) in [6.45, 7) is 2.96. The number of halogens is 1. The summed E-state index contributed by atoms with van der Waals surface area (Å²) in [4.78, 5) is 2.65. The van der Waals surface area contributed by atoms with E-state index in [1.54, 1.807) is 0 Å². The average molecular weight is 219 g/mol. The highest BCUT2D eigenvalue weighted by molar-refractivity contribution is 5.85. The third kappa shape index (κ3) is 1.67. The first-order valence-corrected chi connectivity index (χ1v) is 5.45. The predicted octanol–water partition coefficient (Wildman–Crippen LogP) is 0.619. The number of hydrogen-bond acceptors (Lipinski definition) is 3. The summed E-state index contributed by atoms with van der Waals surface area (Å²) in [7, 11) is 0. The van der Waals surface area contributed by atoms with E-state index in [4.69, 9.17) is 10.5 Å². The molecule has 14 heavy (non-hydrogen) atoms. The Hall–Kier alpha value is 0.170. The fourth-order valence-corrected chi connectivity index (χ4v) is 3.00. The standard InChI is InChI=1S/C10H18N2O.ClH/c11-8-6-13-4-2-9(8)12-3-1-7-5-10(7)12;/h7-10H,1-6,11H2;1H/t7?,8-,9-,10?;/m1./s1. The van der Waals surface area contributed by atoms with E-state index < -0.39 is 0 Å². The van der Waals surface area contributed by atoms with E-state index in [0.29, 0.717) is 6.04 Å². The molecule has 82 valence electrons. The minimum absolute atomic E-state index is 0. The second kappa shape index (κ2) is 3.97. The third-order valence-electron chi connectivity index (χ3n) is 3.86. The molecule has 3 aliphatic rings. The molecule has 0 bridgehead atoms. The Morgan fingerprint density at radius 2 is 2.07 bits per heavy atom. The van der Waals surface area contributed by atoms with Gasteiger partial charge in [0, 0.05) is 24.7 Å². The lowest BCUT2D eigenvalue weighted by Crippen LogP contribution is -2.53. The zero-order valence-corrected chi connectivity index (χ0v) is 9.21. The Kier molecular flexibility index (Phi) is 3.03. The van der Waals surface area contributed by atoms with Crippen LogP contribution in [0, 0.1) is 5.92 Å². The summed E-state index contributed by atoms with van der Waals surface area (Å²) < 4.78 is 5.37. The zero-order chi connectivity index (χ0) is 8.84. The molecule has 0 aromatic heterocycles. The highest BCUT2D eigenvalue weighted by atomic mass is 35.5. The molecule has 4 heteroatoms. The maximum absolute atomic E-state index is 6.07. The first-order chi connectivity index (χ1) is 6.36. The summed E-state index contributed by atoms with van der Waals surface area (Å²) in [5.41, 5.74) is 6.07. The zero-order valence-electron chi connectivity index (χ0n) is 8.39. The van der Waals surface area contributed by atoms with Gasteiger partial charge in [0.1, 0.15) is 0 Å². The van der Waals surface area contributed by atoms with Crippen molar-refractivity contribution in [3.63, 3.8) is 0 Å². The van der Waals surface area contributed by atoms with Crippen LogP contribution in [-0.4, -0.2) is 42.8 Å². The van der Waals surface area contributed by atoms with Gasteiger partial charge in [-0.1, -0.05) is 0 Å². The molecule has 0 radical (unpaired) electrons. The van der Waals surface area contributed by atoms with Crippen LogP contribution in [0.25, 0.3) is 0 Å². The van der Waals surface area contributed by atoms with Crippen molar-refractivity contribution in [3.8, 4) is 0 Å². The maximum Gasteiger partial charge on any atom is 0.0632 e. The van der Waals surface area contributed by atoms with Gasteiger partial charge in [-0.2, -0.15) is 0 Å². The van der Waals surface area contributed by atoms with Gasteiger partial charge in [-0.05, 0) is 31.7 Å².